The van der Waals surface area contributed by atoms with Crippen LogP contribution in [-0.4, -0.2) is 37.4 Å². The second-order valence-electron chi connectivity index (χ2n) is 7.59. The summed E-state index contributed by atoms with van der Waals surface area (Å²) in [6.07, 6.45) is 2.90. The molecule has 29 heavy (non-hydrogen) atoms. The molecule has 0 bridgehead atoms. The van der Waals surface area contributed by atoms with Crippen LogP contribution in [-0.2, 0) is 26.6 Å². The number of halogens is 1. The molecule has 1 saturated carbocycles. The first kappa shape index (κ1) is 17.8. The zero-order valence-corrected chi connectivity index (χ0v) is 16.1. The number of fused-ring (bicyclic) bond motifs is 1. The van der Waals surface area contributed by atoms with E-state index in [0.717, 1.165) is 35.5 Å². The quantitative estimate of drug-likeness (QED) is 0.733. The number of urea groups is 1. The molecule has 2 aromatic heterocycles. The molecule has 150 valence electrons. The second-order valence-corrected chi connectivity index (χ2v) is 7.59. The van der Waals surface area contributed by atoms with Gasteiger partial charge in [-0.15, -0.1) is 0 Å². The average molecular weight is 396 g/mol. The van der Waals surface area contributed by atoms with Crippen molar-refractivity contribution >= 4 is 6.03 Å². The minimum Gasteiger partial charge on any atom is -0.334 e. The summed E-state index contributed by atoms with van der Waals surface area (Å²) in [5.41, 5.74) is 3.52. The molecular weight excluding hydrogens is 375 g/mol. The van der Waals surface area contributed by atoms with Crippen LogP contribution in [0.25, 0.3) is 11.6 Å². The normalized spacial score (nSPS) is 16.0. The summed E-state index contributed by atoms with van der Waals surface area (Å²) in [6, 6.07) is 5.93. The lowest BCUT2D eigenvalue weighted by Crippen LogP contribution is -2.42. The number of hydrogen-bond donors (Lipinski definition) is 1. The molecule has 2 aliphatic rings. The second kappa shape index (κ2) is 6.98. The lowest BCUT2D eigenvalue weighted by atomic mass is 10.1. The Balaban J connectivity index is 1.31. The van der Waals surface area contributed by atoms with Crippen LogP contribution in [0.3, 0.4) is 0 Å². The fourth-order valence-corrected chi connectivity index (χ4v) is 3.67. The van der Waals surface area contributed by atoms with E-state index >= 15 is 0 Å². The van der Waals surface area contributed by atoms with Crippen LogP contribution >= 0.6 is 0 Å². The molecule has 5 rings (SSSR count). The number of carbonyl (C=O) groups is 1. The van der Waals surface area contributed by atoms with Gasteiger partial charge in [0.05, 0.1) is 6.54 Å². The third-order valence-electron chi connectivity index (χ3n) is 5.47. The Hall–Kier alpha value is -3.23. The first-order valence-electron chi connectivity index (χ1n) is 9.74. The Labute approximate surface area is 166 Å². The van der Waals surface area contributed by atoms with Crippen LogP contribution in [0.2, 0.25) is 0 Å². The third-order valence-corrected chi connectivity index (χ3v) is 5.47. The topological polar surface area (TPSA) is 89.1 Å². The predicted octanol–water partition coefficient (Wildman–Crippen LogP) is 2.75. The van der Waals surface area contributed by atoms with Crippen LogP contribution in [0.5, 0.6) is 0 Å². The Morgan fingerprint density at radius 3 is 2.86 bits per heavy atom. The summed E-state index contributed by atoms with van der Waals surface area (Å²) in [5, 5.41) is 11.6. The van der Waals surface area contributed by atoms with Crippen molar-refractivity contribution in [2.24, 2.45) is 7.05 Å². The molecule has 2 amide bonds. The molecule has 1 fully saturated rings. The molecule has 8 nitrogen and oxygen atoms in total. The molecule has 3 aromatic rings. The van der Waals surface area contributed by atoms with Crippen molar-refractivity contribution in [3.8, 4) is 11.6 Å². The number of aromatic nitrogens is 4. The monoisotopic (exact) mass is 396 g/mol. The lowest BCUT2D eigenvalue weighted by Gasteiger charge is -2.27. The number of nitrogens with zero attached hydrogens (tertiary/aromatic N) is 5. The maximum Gasteiger partial charge on any atom is 0.317 e. The fraction of sp³-hybridized carbons (Fsp3) is 0.400. The van der Waals surface area contributed by atoms with Crippen LogP contribution in [0.4, 0.5) is 9.18 Å². The molecule has 9 heteroatoms. The van der Waals surface area contributed by atoms with Gasteiger partial charge in [0, 0.05) is 43.7 Å². The number of rotatable bonds is 4. The number of nitrogens with one attached hydrogen (secondary N) is 1. The van der Waals surface area contributed by atoms with Gasteiger partial charge in [-0.2, -0.15) is 10.1 Å². The molecule has 1 aliphatic carbocycles. The highest BCUT2D eigenvalue weighted by molar-refractivity contribution is 5.75. The van der Waals surface area contributed by atoms with Crippen molar-refractivity contribution in [3.05, 3.63) is 52.7 Å². The average Bonchev–Trinajstić information content (AvgIpc) is 3.38. The molecule has 3 heterocycles. The lowest BCUT2D eigenvalue weighted by molar-refractivity contribution is 0.191. The minimum absolute atomic E-state index is 0.168. The summed E-state index contributed by atoms with van der Waals surface area (Å²) in [6.45, 7) is 1.37. The molecule has 0 atom stereocenters. The highest BCUT2D eigenvalue weighted by Gasteiger charge is 2.32. The van der Waals surface area contributed by atoms with Gasteiger partial charge in [-0.1, -0.05) is 17.3 Å². The third kappa shape index (κ3) is 3.48. The standard InChI is InChI=1S/C20H21FN6O2/c1-26-16-8-9-27(20(28)22-10-12-2-6-14(21)7-3-12)11-15(16)17(24-26)19-23-18(25-29-19)13-4-5-13/h2-3,6-7,13H,4-5,8-11H2,1H3,(H,22,28). The van der Waals surface area contributed by atoms with E-state index in [9.17, 15) is 9.18 Å². The van der Waals surface area contributed by atoms with E-state index in [-0.39, 0.29) is 11.8 Å². The van der Waals surface area contributed by atoms with Crippen LogP contribution in [0, 0.1) is 5.82 Å². The van der Waals surface area contributed by atoms with Gasteiger partial charge in [0.25, 0.3) is 5.89 Å². The largest absolute Gasteiger partial charge is 0.334 e. The van der Waals surface area contributed by atoms with Crippen LogP contribution in [0.15, 0.2) is 28.8 Å². The smallest absolute Gasteiger partial charge is 0.317 e. The van der Waals surface area contributed by atoms with Gasteiger partial charge in [-0.05, 0) is 30.5 Å². The van der Waals surface area contributed by atoms with E-state index in [1.807, 2.05) is 11.7 Å². The molecule has 1 N–H and O–H groups in total. The van der Waals surface area contributed by atoms with Crippen molar-refractivity contribution in [3.63, 3.8) is 0 Å². The molecule has 1 aromatic carbocycles. The van der Waals surface area contributed by atoms with Gasteiger partial charge in [0.1, 0.15) is 5.82 Å². The Bertz CT molecular complexity index is 1050. The molecule has 0 spiro atoms. The van der Waals surface area contributed by atoms with E-state index < -0.39 is 0 Å². The first-order valence-corrected chi connectivity index (χ1v) is 9.74. The van der Waals surface area contributed by atoms with Crippen LogP contribution in [0.1, 0.15) is 41.4 Å². The highest BCUT2D eigenvalue weighted by atomic mass is 19.1. The van der Waals surface area contributed by atoms with Gasteiger partial charge in [0.2, 0.25) is 0 Å². The number of amides is 2. The Morgan fingerprint density at radius 1 is 1.31 bits per heavy atom. The zero-order chi connectivity index (χ0) is 20.0. The van der Waals surface area contributed by atoms with Crippen molar-refractivity contribution in [2.45, 2.75) is 38.3 Å². The molecule has 0 saturated heterocycles. The summed E-state index contributed by atoms with van der Waals surface area (Å²) < 4.78 is 20.3. The van der Waals surface area contributed by atoms with Gasteiger partial charge in [0.15, 0.2) is 11.5 Å². The Morgan fingerprint density at radius 2 is 2.10 bits per heavy atom. The molecule has 1 aliphatic heterocycles. The molecular formula is C20H21FN6O2. The maximum atomic E-state index is 13.0. The van der Waals surface area contributed by atoms with E-state index in [0.29, 0.717) is 43.6 Å². The summed E-state index contributed by atoms with van der Waals surface area (Å²) in [7, 11) is 1.89. The number of benzene rings is 1. The maximum absolute atomic E-state index is 13.0. The SMILES string of the molecule is Cn1nc(-c2nc(C3CC3)no2)c2c1CCN(C(=O)NCc1ccc(F)cc1)C2. The van der Waals surface area contributed by atoms with Crippen molar-refractivity contribution in [1.82, 2.24) is 30.1 Å². The van der Waals surface area contributed by atoms with Crippen LogP contribution < -0.4 is 5.32 Å². The minimum atomic E-state index is -0.293. The van der Waals surface area contributed by atoms with Crippen molar-refractivity contribution < 1.29 is 13.7 Å². The van der Waals surface area contributed by atoms with Crippen molar-refractivity contribution in [2.75, 3.05) is 6.54 Å². The summed E-state index contributed by atoms with van der Waals surface area (Å²) in [4.78, 5) is 18.9. The highest BCUT2D eigenvalue weighted by Crippen LogP contribution is 2.39. The first-order chi connectivity index (χ1) is 14.1. The van der Waals surface area contributed by atoms with E-state index in [1.165, 1.54) is 12.1 Å². The van der Waals surface area contributed by atoms with Gasteiger partial charge in [-0.3, -0.25) is 4.68 Å². The van der Waals surface area contributed by atoms with Gasteiger partial charge in [-0.25, -0.2) is 9.18 Å². The number of aryl methyl sites for hydroxylation is 1. The summed E-state index contributed by atoms with van der Waals surface area (Å²) >= 11 is 0. The van der Waals surface area contributed by atoms with E-state index in [2.05, 4.69) is 20.6 Å². The predicted molar refractivity (Wildman–Crippen MR) is 101 cm³/mol. The van der Waals surface area contributed by atoms with Gasteiger partial charge >= 0.3 is 6.03 Å². The molecule has 0 unspecified atom stereocenters. The Kier molecular flexibility index (Phi) is 4.30. The van der Waals surface area contributed by atoms with Gasteiger partial charge < -0.3 is 14.7 Å². The zero-order valence-electron chi connectivity index (χ0n) is 16.1. The van der Waals surface area contributed by atoms with Crippen molar-refractivity contribution in [1.29, 1.82) is 0 Å². The fourth-order valence-electron chi connectivity index (χ4n) is 3.67. The number of hydrogen-bond acceptors (Lipinski definition) is 5. The van der Waals surface area contributed by atoms with E-state index in [4.69, 9.17) is 4.52 Å². The molecule has 0 radical (unpaired) electrons. The summed E-state index contributed by atoms with van der Waals surface area (Å²) in [5.74, 6) is 1.26. The van der Waals surface area contributed by atoms with E-state index in [1.54, 1.807) is 17.0 Å². The number of carbonyl (C=O) groups excluding carboxylic acids is 1.